The van der Waals surface area contributed by atoms with Crippen LogP contribution in [0.5, 0.6) is 0 Å². The average Bonchev–Trinajstić information content (AvgIpc) is 3.33. The Balaban J connectivity index is 1.39. The Bertz CT molecular complexity index is 1790. The Morgan fingerprint density at radius 2 is 1.14 bits per heavy atom. The third kappa shape index (κ3) is 13.1. The third-order valence-electron chi connectivity index (χ3n) is 12.6. The first kappa shape index (κ1) is 59.8. The lowest BCUT2D eigenvalue weighted by atomic mass is 9.88. The highest BCUT2D eigenvalue weighted by Gasteiger charge is 2.61. The second-order valence-electron chi connectivity index (χ2n) is 17.6. The van der Waals surface area contributed by atoms with Crippen molar-refractivity contribution in [2.75, 3.05) is 39.6 Å². The number of hydrogen-bond donors (Lipinski definition) is 20. The molecule has 5 fully saturated rings. The van der Waals surface area contributed by atoms with Gasteiger partial charge in [-0.3, -0.25) is 14.4 Å². The van der Waals surface area contributed by atoms with Crippen LogP contribution in [-0.4, -0.2) is 309 Å². The molecule has 416 valence electrons. The SMILES string of the molecule is CC(=O)N[C@H]1[C@H](OC[C@H]2OC(O)[C@H](NC(C)=O)[C@@H](O[C@@H]3O[C@H](CO)[C@H](O)[C@H](O[C@]4(C(=O)O)C[C@H](O)[C@@H](NC(=O)CO)[C@H]([C@H](O)[C@H](O)CO)O4)[C@H]3O)[C@H]2O)O[C@H](CO)[C@@H](O[C@@H]2O[C@H](CO)[C@H](O)[C@H](O)[C@H]2O)[C@@H]1O. The van der Waals surface area contributed by atoms with E-state index in [0.717, 1.165) is 13.8 Å². The van der Waals surface area contributed by atoms with Gasteiger partial charge in [-0.05, 0) is 0 Å². The number of hydrogen-bond acceptors (Lipinski definition) is 29. The number of nitrogens with one attached hydrogen (secondary N) is 3. The average molecular weight is 1060 g/mol. The number of aliphatic hydroxyl groups excluding tert-OH is 16. The highest BCUT2D eigenvalue weighted by Crippen LogP contribution is 2.39. The third-order valence-corrected chi connectivity index (χ3v) is 12.6. The van der Waals surface area contributed by atoms with Crippen molar-refractivity contribution in [2.24, 2.45) is 0 Å². The monoisotopic (exact) mass is 1060 g/mol. The first-order valence-electron chi connectivity index (χ1n) is 22.4. The molecule has 5 aliphatic rings. The highest BCUT2D eigenvalue weighted by molar-refractivity contribution is 5.78. The van der Waals surface area contributed by atoms with E-state index >= 15 is 0 Å². The van der Waals surface area contributed by atoms with Crippen molar-refractivity contribution in [3.63, 3.8) is 0 Å². The predicted molar refractivity (Wildman–Crippen MR) is 220 cm³/mol. The number of amides is 3. The zero-order valence-corrected chi connectivity index (χ0v) is 38.3. The fourth-order valence-corrected chi connectivity index (χ4v) is 8.84. The Morgan fingerprint density at radius 1 is 0.597 bits per heavy atom. The number of carboxylic acids is 1. The van der Waals surface area contributed by atoms with Crippen LogP contribution in [0, 0.1) is 0 Å². The molecule has 0 aliphatic carbocycles. The van der Waals surface area contributed by atoms with Crippen LogP contribution in [0.25, 0.3) is 0 Å². The maximum absolute atomic E-state index is 13.0. The zero-order valence-electron chi connectivity index (χ0n) is 38.3. The lowest BCUT2D eigenvalue weighted by molar-refractivity contribution is -0.381. The van der Waals surface area contributed by atoms with E-state index in [0.29, 0.717) is 0 Å². The van der Waals surface area contributed by atoms with E-state index < -0.39 is 229 Å². The van der Waals surface area contributed by atoms with E-state index in [4.69, 9.17) is 42.6 Å². The van der Waals surface area contributed by atoms with Crippen molar-refractivity contribution >= 4 is 23.7 Å². The van der Waals surface area contributed by atoms with Crippen LogP contribution >= 0.6 is 0 Å². The molecule has 33 heteroatoms. The highest BCUT2D eigenvalue weighted by atomic mass is 16.8. The quantitative estimate of drug-likeness (QED) is 0.0538. The van der Waals surface area contributed by atoms with Crippen molar-refractivity contribution in [3.8, 4) is 0 Å². The van der Waals surface area contributed by atoms with Crippen molar-refractivity contribution in [1.82, 2.24) is 16.0 Å². The summed E-state index contributed by atoms with van der Waals surface area (Å²) in [6, 6.07) is -5.22. The van der Waals surface area contributed by atoms with Crippen LogP contribution in [0.3, 0.4) is 0 Å². The Labute approximate surface area is 406 Å². The normalized spacial score (nSPS) is 44.6. The number of carbonyl (C=O) groups is 4. The van der Waals surface area contributed by atoms with Crippen molar-refractivity contribution in [1.29, 1.82) is 0 Å². The van der Waals surface area contributed by atoms with Gasteiger partial charge in [0.05, 0.1) is 45.2 Å². The standard InChI is InChI=1S/C39H65N3O30/c1-10(48)40-20-26(57)30(69-36-28(59)27(58)23(54)14(5-44)66-36)16(7-46)68-35(20)64-9-17-25(56)31(21(34(61)65-17)41-11(2)49)70-37-29(60)33(24(55)15(6-45)67-37)72-39(38(62)63)3-12(50)19(42-18(52)8-47)32(71-39)22(53)13(51)4-43/h12-17,19-37,43-47,50-51,53-61H,3-9H2,1-2H3,(H,40,48)(H,41,49)(H,42,52)(H,62,63)/t12-,13+,14+,15+,16+,17+,19+,20+,21+,22+,23-,24-,25-,26+,27-,28+,29+,30+,31+,32+,33-,34?,35+,36-,37-,39-/m0/s1. The Morgan fingerprint density at radius 3 is 1.69 bits per heavy atom. The largest absolute Gasteiger partial charge is 0.477 e. The van der Waals surface area contributed by atoms with E-state index in [1.54, 1.807) is 0 Å². The van der Waals surface area contributed by atoms with Crippen LogP contribution < -0.4 is 16.0 Å². The smallest absolute Gasteiger partial charge is 0.364 e. The van der Waals surface area contributed by atoms with E-state index in [-0.39, 0.29) is 0 Å². The van der Waals surface area contributed by atoms with Gasteiger partial charge < -0.3 is 145 Å². The number of aliphatic hydroxyl groups is 16. The van der Waals surface area contributed by atoms with Crippen LogP contribution in [0.4, 0.5) is 0 Å². The summed E-state index contributed by atoms with van der Waals surface area (Å²) in [4.78, 5) is 49.8. The summed E-state index contributed by atoms with van der Waals surface area (Å²) >= 11 is 0. The molecular formula is C39H65N3O30. The summed E-state index contributed by atoms with van der Waals surface area (Å²) in [5, 5.41) is 187. The van der Waals surface area contributed by atoms with Crippen molar-refractivity contribution < 1.29 is 149 Å². The molecule has 0 bridgehead atoms. The van der Waals surface area contributed by atoms with Gasteiger partial charge in [0.1, 0.15) is 122 Å². The molecule has 72 heavy (non-hydrogen) atoms. The molecule has 0 spiro atoms. The Kier molecular flexibility index (Phi) is 21.3. The molecule has 5 rings (SSSR count). The zero-order chi connectivity index (χ0) is 53.7. The van der Waals surface area contributed by atoms with Crippen molar-refractivity contribution in [3.05, 3.63) is 0 Å². The number of carbonyl (C=O) groups excluding carboxylic acids is 3. The maximum atomic E-state index is 13.0. The number of rotatable bonds is 20. The molecule has 0 aromatic heterocycles. The van der Waals surface area contributed by atoms with Crippen LogP contribution in [0.15, 0.2) is 0 Å². The van der Waals surface area contributed by atoms with Crippen molar-refractivity contribution in [2.45, 2.75) is 179 Å². The molecule has 20 N–H and O–H groups in total. The summed E-state index contributed by atoms with van der Waals surface area (Å²) < 4.78 is 50.8. The molecule has 3 amide bonds. The molecule has 5 aliphatic heterocycles. The van der Waals surface area contributed by atoms with Gasteiger partial charge >= 0.3 is 5.97 Å². The number of ether oxygens (including phenoxy) is 9. The molecule has 5 heterocycles. The summed E-state index contributed by atoms with van der Waals surface area (Å²) in [7, 11) is 0. The first-order chi connectivity index (χ1) is 33.9. The second kappa shape index (κ2) is 25.6. The number of aliphatic carboxylic acids is 1. The minimum Gasteiger partial charge on any atom is -0.477 e. The molecule has 0 saturated carbocycles. The van der Waals surface area contributed by atoms with Gasteiger partial charge in [0, 0.05) is 20.3 Å². The molecular weight excluding hydrogens is 990 g/mol. The van der Waals surface area contributed by atoms with Gasteiger partial charge in [0.25, 0.3) is 5.79 Å². The van der Waals surface area contributed by atoms with Gasteiger partial charge in [-0.2, -0.15) is 0 Å². The molecule has 0 aromatic rings. The second-order valence-corrected chi connectivity index (χ2v) is 17.6. The lowest BCUT2D eigenvalue weighted by Crippen LogP contribution is -2.71. The number of carboxylic acid groups (broad SMARTS) is 1. The lowest BCUT2D eigenvalue weighted by Gasteiger charge is -2.51. The van der Waals surface area contributed by atoms with Crippen LogP contribution in [-0.2, 0) is 61.8 Å². The summed E-state index contributed by atoms with van der Waals surface area (Å²) in [6.07, 6.45) is -44.9. The van der Waals surface area contributed by atoms with E-state index in [9.17, 15) is 106 Å². The van der Waals surface area contributed by atoms with E-state index in [2.05, 4.69) is 16.0 Å². The molecule has 1 unspecified atom stereocenters. The maximum Gasteiger partial charge on any atom is 0.364 e. The molecule has 0 aromatic carbocycles. The molecule has 0 radical (unpaired) electrons. The fraction of sp³-hybridized carbons (Fsp3) is 0.897. The van der Waals surface area contributed by atoms with E-state index in [1.165, 1.54) is 0 Å². The summed E-state index contributed by atoms with van der Waals surface area (Å²) in [6.45, 7) is -4.16. The topological polar surface area (TPSA) is 531 Å². The Hall–Kier alpha value is -3.12. The van der Waals surface area contributed by atoms with Gasteiger partial charge in [-0.15, -0.1) is 0 Å². The van der Waals surface area contributed by atoms with Crippen LogP contribution in [0.1, 0.15) is 20.3 Å². The molecule has 26 atom stereocenters. The summed E-state index contributed by atoms with van der Waals surface area (Å²) in [5.41, 5.74) is 0. The van der Waals surface area contributed by atoms with Gasteiger partial charge in [0.2, 0.25) is 17.7 Å². The molecule has 5 saturated heterocycles. The first-order valence-corrected chi connectivity index (χ1v) is 22.4. The van der Waals surface area contributed by atoms with Crippen LogP contribution in [0.2, 0.25) is 0 Å². The minimum absolute atomic E-state index is 0.796. The van der Waals surface area contributed by atoms with E-state index in [1.807, 2.05) is 0 Å². The van der Waals surface area contributed by atoms with Gasteiger partial charge in [0.15, 0.2) is 25.2 Å². The summed E-state index contributed by atoms with van der Waals surface area (Å²) in [5.74, 6) is -8.18. The van der Waals surface area contributed by atoms with Gasteiger partial charge in [-0.1, -0.05) is 0 Å². The molecule has 33 nitrogen and oxygen atoms in total. The fourth-order valence-electron chi connectivity index (χ4n) is 8.84. The predicted octanol–water partition coefficient (Wildman–Crippen LogP) is -13.3. The minimum atomic E-state index is -3.24. The van der Waals surface area contributed by atoms with Gasteiger partial charge in [-0.25, -0.2) is 4.79 Å².